The summed E-state index contributed by atoms with van der Waals surface area (Å²) in [4.78, 5) is 36.2. The van der Waals surface area contributed by atoms with Crippen LogP contribution in [0.25, 0.3) is 0 Å². The van der Waals surface area contributed by atoms with Crippen LogP contribution in [0.5, 0.6) is 6.01 Å². The number of nitro groups is 1. The number of nitrogens with two attached hydrogens (primary N) is 1. The molecule has 1 aliphatic heterocycles. The molecule has 0 radical (unpaired) electrons. The summed E-state index contributed by atoms with van der Waals surface area (Å²) < 4.78 is 10.9. The number of likely N-dealkylation sites (tertiary alicyclic amines) is 1. The minimum absolute atomic E-state index is 0.0540. The number of rotatable bonds is 14. The first-order valence-electron chi connectivity index (χ1n) is 13.0. The van der Waals surface area contributed by atoms with Crippen LogP contribution >= 0.6 is 0 Å². The number of benzene rings is 1. The van der Waals surface area contributed by atoms with Gasteiger partial charge in [-0.1, -0.05) is 51.0 Å². The highest BCUT2D eigenvalue weighted by molar-refractivity contribution is 5.78. The Morgan fingerprint density at radius 2 is 1.89 bits per heavy atom. The highest BCUT2D eigenvalue weighted by Gasteiger charge is 2.30. The first-order valence-corrected chi connectivity index (χ1v) is 13.0. The van der Waals surface area contributed by atoms with E-state index in [-0.39, 0.29) is 43.3 Å². The van der Waals surface area contributed by atoms with E-state index in [1.54, 1.807) is 6.92 Å². The number of aromatic nitrogens is 2. The lowest BCUT2D eigenvalue weighted by Crippen LogP contribution is -2.32. The Bertz CT molecular complexity index is 1060. The summed E-state index contributed by atoms with van der Waals surface area (Å²) in [7, 11) is 0. The van der Waals surface area contributed by atoms with Gasteiger partial charge in [0.2, 0.25) is 11.6 Å². The fourth-order valence-electron chi connectivity index (χ4n) is 4.43. The van der Waals surface area contributed by atoms with Gasteiger partial charge in [-0.25, -0.2) is 0 Å². The highest BCUT2D eigenvalue weighted by atomic mass is 16.6. The van der Waals surface area contributed by atoms with E-state index in [4.69, 9.17) is 15.2 Å². The van der Waals surface area contributed by atoms with E-state index >= 15 is 0 Å². The van der Waals surface area contributed by atoms with Crippen molar-refractivity contribution in [3.8, 4) is 6.01 Å². The molecule has 0 amide bonds. The molecule has 1 fully saturated rings. The van der Waals surface area contributed by atoms with Gasteiger partial charge in [0.05, 0.1) is 18.1 Å². The lowest BCUT2D eigenvalue weighted by atomic mass is 10.1. The lowest BCUT2D eigenvalue weighted by Gasteiger charge is -2.24. The molecule has 2 N–H and O–H groups in total. The van der Waals surface area contributed by atoms with E-state index in [1.807, 2.05) is 12.1 Å². The summed E-state index contributed by atoms with van der Waals surface area (Å²) >= 11 is 0. The molecule has 0 spiro atoms. The first-order chi connectivity index (χ1) is 17.8. The van der Waals surface area contributed by atoms with Crippen LogP contribution in [0, 0.1) is 16.0 Å². The van der Waals surface area contributed by atoms with E-state index < -0.39 is 16.6 Å². The number of carbonyl (C=O) groups is 1. The zero-order valence-corrected chi connectivity index (χ0v) is 22.0. The maximum Gasteiger partial charge on any atom is 0.353 e. The average molecular weight is 515 g/mol. The Hall–Kier alpha value is -3.47. The van der Waals surface area contributed by atoms with E-state index in [2.05, 4.69) is 40.8 Å². The molecule has 0 atom stereocenters. The molecule has 1 aromatic heterocycles. The largest absolute Gasteiger partial charge is 0.465 e. The van der Waals surface area contributed by atoms with Gasteiger partial charge in [-0.3, -0.25) is 19.8 Å². The van der Waals surface area contributed by atoms with Crippen molar-refractivity contribution < 1.29 is 19.2 Å². The van der Waals surface area contributed by atoms with Gasteiger partial charge in [0.1, 0.15) is 6.54 Å². The summed E-state index contributed by atoms with van der Waals surface area (Å²) in [6, 6.07) is 7.94. The Morgan fingerprint density at radius 3 is 2.54 bits per heavy atom. The van der Waals surface area contributed by atoms with Crippen LogP contribution in [0.1, 0.15) is 57.6 Å². The van der Waals surface area contributed by atoms with Gasteiger partial charge in [-0.05, 0) is 49.9 Å². The van der Waals surface area contributed by atoms with Gasteiger partial charge < -0.3 is 20.1 Å². The molecular weight excluding hydrogens is 476 g/mol. The summed E-state index contributed by atoms with van der Waals surface area (Å²) in [6.45, 7) is 9.31. The van der Waals surface area contributed by atoms with Crippen molar-refractivity contribution in [2.45, 2.75) is 59.5 Å². The summed E-state index contributed by atoms with van der Waals surface area (Å²) in [6.07, 6.45) is 4.23. The fourth-order valence-corrected chi connectivity index (χ4v) is 4.43. The standard InChI is InChI=1S/C26H38N6O5/c1-4-19(5-2)18-37-26-28-24(27)23(32(34)35)25(29-26)31(17-22(33)36-6-3)16-21-11-9-10-20(14-21)15-30-12-7-8-13-30/h9-11,14,19H,4-8,12-13,15-18H2,1-3H3,(H2,27,28,29). The summed E-state index contributed by atoms with van der Waals surface area (Å²) in [5, 5.41) is 12.0. The van der Waals surface area contributed by atoms with Crippen molar-refractivity contribution in [1.29, 1.82) is 0 Å². The molecule has 0 unspecified atom stereocenters. The second kappa shape index (κ2) is 13.7. The van der Waals surface area contributed by atoms with Crippen molar-refractivity contribution in [3.05, 3.63) is 45.5 Å². The Morgan fingerprint density at radius 1 is 1.19 bits per heavy atom. The monoisotopic (exact) mass is 514 g/mol. The number of nitrogen functional groups attached to an aromatic ring is 1. The van der Waals surface area contributed by atoms with E-state index in [9.17, 15) is 14.9 Å². The highest BCUT2D eigenvalue weighted by Crippen LogP contribution is 2.34. The van der Waals surface area contributed by atoms with Crippen LogP contribution in [-0.2, 0) is 22.6 Å². The van der Waals surface area contributed by atoms with E-state index in [0.29, 0.717) is 6.61 Å². The molecule has 1 aromatic carbocycles. The van der Waals surface area contributed by atoms with Crippen molar-refractivity contribution in [3.63, 3.8) is 0 Å². The molecule has 0 bridgehead atoms. The maximum atomic E-state index is 12.5. The minimum atomic E-state index is -0.628. The van der Waals surface area contributed by atoms with Crippen molar-refractivity contribution in [2.24, 2.45) is 5.92 Å². The number of ether oxygens (including phenoxy) is 2. The third kappa shape index (κ3) is 8.01. The van der Waals surface area contributed by atoms with Crippen LogP contribution < -0.4 is 15.4 Å². The lowest BCUT2D eigenvalue weighted by molar-refractivity contribution is -0.383. The molecule has 3 rings (SSSR count). The normalized spacial score (nSPS) is 13.6. The van der Waals surface area contributed by atoms with E-state index in [0.717, 1.165) is 43.6 Å². The van der Waals surface area contributed by atoms with Gasteiger partial charge in [0.15, 0.2) is 0 Å². The first kappa shape index (κ1) is 28.1. The number of esters is 1. The third-order valence-corrected chi connectivity index (χ3v) is 6.55. The van der Waals surface area contributed by atoms with E-state index in [1.165, 1.54) is 17.7 Å². The van der Waals surface area contributed by atoms with Gasteiger partial charge in [0, 0.05) is 13.1 Å². The van der Waals surface area contributed by atoms with Crippen LogP contribution in [0.15, 0.2) is 24.3 Å². The SMILES string of the molecule is CCOC(=O)CN(Cc1cccc(CN2CCCC2)c1)c1nc(OCC(CC)CC)nc(N)c1[N+](=O)[O-]. The summed E-state index contributed by atoms with van der Waals surface area (Å²) in [5.41, 5.74) is 7.57. The number of hydrogen-bond donors (Lipinski definition) is 1. The molecule has 2 heterocycles. The molecule has 1 aliphatic rings. The Kier molecular flexibility index (Phi) is 10.4. The minimum Gasteiger partial charge on any atom is -0.465 e. The molecule has 2 aromatic rings. The molecule has 202 valence electrons. The zero-order valence-electron chi connectivity index (χ0n) is 22.0. The van der Waals surface area contributed by atoms with Crippen LogP contribution in [-0.4, -0.2) is 58.6 Å². The zero-order chi connectivity index (χ0) is 26.8. The molecule has 0 aliphatic carbocycles. The number of hydrogen-bond acceptors (Lipinski definition) is 10. The fraction of sp³-hybridized carbons (Fsp3) is 0.577. The number of carbonyl (C=O) groups excluding carboxylic acids is 1. The predicted octanol–water partition coefficient (Wildman–Crippen LogP) is 3.95. The Balaban J connectivity index is 1.95. The van der Waals surface area contributed by atoms with Crippen molar-refractivity contribution >= 4 is 23.3 Å². The van der Waals surface area contributed by atoms with Crippen molar-refractivity contribution in [2.75, 3.05) is 43.5 Å². The second-order valence-electron chi connectivity index (χ2n) is 9.28. The average Bonchev–Trinajstić information content (AvgIpc) is 3.37. The van der Waals surface area contributed by atoms with Crippen LogP contribution in [0.4, 0.5) is 17.3 Å². The van der Waals surface area contributed by atoms with Crippen molar-refractivity contribution in [1.82, 2.24) is 14.9 Å². The predicted molar refractivity (Wildman–Crippen MR) is 141 cm³/mol. The third-order valence-electron chi connectivity index (χ3n) is 6.55. The maximum absolute atomic E-state index is 12.5. The van der Waals surface area contributed by atoms with Crippen LogP contribution in [0.2, 0.25) is 0 Å². The van der Waals surface area contributed by atoms with Gasteiger partial charge in [0.25, 0.3) is 0 Å². The summed E-state index contributed by atoms with van der Waals surface area (Å²) in [5.74, 6) is -0.625. The molecule has 0 saturated carbocycles. The van der Waals surface area contributed by atoms with Gasteiger partial charge in [-0.2, -0.15) is 9.97 Å². The van der Waals surface area contributed by atoms with Gasteiger partial charge in [-0.15, -0.1) is 0 Å². The molecule has 37 heavy (non-hydrogen) atoms. The molecule has 1 saturated heterocycles. The Labute approximate surface area is 218 Å². The quantitative estimate of drug-likeness (QED) is 0.224. The molecular formula is C26H38N6O5. The van der Waals surface area contributed by atoms with Gasteiger partial charge >= 0.3 is 17.7 Å². The number of nitrogens with zero attached hydrogens (tertiary/aromatic N) is 5. The smallest absolute Gasteiger partial charge is 0.353 e. The topological polar surface area (TPSA) is 137 Å². The molecule has 11 heteroatoms. The number of anilines is 2. The van der Waals surface area contributed by atoms with Crippen LogP contribution in [0.3, 0.4) is 0 Å². The molecule has 11 nitrogen and oxygen atoms in total. The second-order valence-corrected chi connectivity index (χ2v) is 9.28.